The highest BCUT2D eigenvalue weighted by molar-refractivity contribution is 7.92. The highest BCUT2D eigenvalue weighted by Crippen LogP contribution is 2.39. The fraction of sp³-hybridized carbons (Fsp3) is 0.350. The average molecular weight is 457 g/mol. The molecule has 0 saturated heterocycles. The number of benzene rings is 2. The van der Waals surface area contributed by atoms with E-state index in [9.17, 15) is 13.2 Å². The highest BCUT2D eigenvalue weighted by atomic mass is 35.5. The number of nitrogens with zero attached hydrogens (tertiary/aromatic N) is 1. The molecule has 1 aliphatic heterocycles. The summed E-state index contributed by atoms with van der Waals surface area (Å²) in [6, 6.07) is 9.07. The maximum atomic E-state index is 12.9. The van der Waals surface area contributed by atoms with E-state index in [0.29, 0.717) is 23.7 Å². The largest absolute Gasteiger partial charge is 0.490 e. The zero-order valence-corrected chi connectivity index (χ0v) is 18.7. The first-order valence-corrected chi connectivity index (χ1v) is 11.4. The number of sulfonamides is 1. The van der Waals surface area contributed by atoms with Gasteiger partial charge in [0, 0.05) is 17.6 Å². The maximum Gasteiger partial charge on any atom is 0.263 e. The fourth-order valence-corrected chi connectivity index (χ4v) is 4.86. The zero-order chi connectivity index (χ0) is 21.4. The zero-order valence-electron chi connectivity index (χ0n) is 16.3. The van der Waals surface area contributed by atoms with Crippen LogP contribution in [0.15, 0.2) is 41.3 Å². The first kappa shape index (κ1) is 21.7. The van der Waals surface area contributed by atoms with Gasteiger partial charge in [0.2, 0.25) is 5.91 Å². The molecule has 0 aromatic heterocycles. The molecule has 1 heterocycles. The SMILES string of the molecule is CCCN1C(=O)C(C)(C)COc2cc(NS(=O)(=O)c3cc(Cl)ccc3Cl)ccc21. The Kier molecular flexibility index (Phi) is 6.03. The van der Waals surface area contributed by atoms with Gasteiger partial charge in [-0.25, -0.2) is 8.42 Å². The van der Waals surface area contributed by atoms with Crippen molar-refractivity contribution in [3.63, 3.8) is 0 Å². The summed E-state index contributed by atoms with van der Waals surface area (Å²) in [6.07, 6.45) is 0.781. The Morgan fingerprint density at radius 3 is 2.59 bits per heavy atom. The van der Waals surface area contributed by atoms with Crippen LogP contribution in [0, 0.1) is 5.41 Å². The van der Waals surface area contributed by atoms with Crippen molar-refractivity contribution < 1.29 is 17.9 Å². The van der Waals surface area contributed by atoms with Crippen LogP contribution in [0.25, 0.3) is 0 Å². The molecule has 1 aliphatic rings. The van der Waals surface area contributed by atoms with Gasteiger partial charge in [0.1, 0.15) is 17.3 Å². The van der Waals surface area contributed by atoms with Gasteiger partial charge in [-0.15, -0.1) is 0 Å². The van der Waals surface area contributed by atoms with Gasteiger partial charge in [-0.2, -0.15) is 0 Å². The monoisotopic (exact) mass is 456 g/mol. The third kappa shape index (κ3) is 4.47. The molecule has 2 aromatic rings. The number of hydrogen-bond donors (Lipinski definition) is 1. The van der Waals surface area contributed by atoms with E-state index in [2.05, 4.69) is 4.72 Å². The summed E-state index contributed by atoms with van der Waals surface area (Å²) in [5, 5.41) is 0.324. The molecular weight excluding hydrogens is 435 g/mol. The van der Waals surface area contributed by atoms with E-state index in [1.807, 2.05) is 20.8 Å². The second kappa shape index (κ2) is 8.05. The molecule has 0 radical (unpaired) electrons. The van der Waals surface area contributed by atoms with E-state index in [0.717, 1.165) is 6.42 Å². The van der Waals surface area contributed by atoms with Crippen molar-refractivity contribution in [3.8, 4) is 5.75 Å². The number of ether oxygens (including phenoxy) is 1. The van der Waals surface area contributed by atoms with Crippen molar-refractivity contribution >= 4 is 50.5 Å². The lowest BCUT2D eigenvalue weighted by Gasteiger charge is -2.27. The Hall–Kier alpha value is -1.96. The van der Waals surface area contributed by atoms with Gasteiger partial charge < -0.3 is 9.64 Å². The molecular formula is C20H22Cl2N2O4S. The number of nitrogens with one attached hydrogen (secondary N) is 1. The summed E-state index contributed by atoms with van der Waals surface area (Å²) in [5.41, 5.74) is 0.219. The third-order valence-electron chi connectivity index (χ3n) is 4.55. The van der Waals surface area contributed by atoms with Crippen LogP contribution in [0.3, 0.4) is 0 Å². The molecule has 0 aliphatic carbocycles. The molecule has 3 rings (SSSR count). The van der Waals surface area contributed by atoms with Crippen molar-refractivity contribution in [2.24, 2.45) is 5.41 Å². The van der Waals surface area contributed by atoms with Crippen LogP contribution in [-0.2, 0) is 14.8 Å². The number of rotatable bonds is 5. The molecule has 9 heteroatoms. The van der Waals surface area contributed by atoms with Crippen molar-refractivity contribution in [1.82, 2.24) is 0 Å². The van der Waals surface area contributed by atoms with Crippen molar-refractivity contribution in [3.05, 3.63) is 46.4 Å². The molecule has 0 bridgehead atoms. The molecule has 0 saturated carbocycles. The van der Waals surface area contributed by atoms with E-state index in [1.165, 1.54) is 18.2 Å². The van der Waals surface area contributed by atoms with Crippen molar-refractivity contribution in [1.29, 1.82) is 0 Å². The molecule has 2 aromatic carbocycles. The van der Waals surface area contributed by atoms with Crippen LogP contribution in [0.2, 0.25) is 10.0 Å². The van der Waals surface area contributed by atoms with Gasteiger partial charge >= 0.3 is 0 Å². The van der Waals surface area contributed by atoms with Gasteiger partial charge in [-0.05, 0) is 50.6 Å². The topological polar surface area (TPSA) is 75.7 Å². The van der Waals surface area contributed by atoms with Gasteiger partial charge in [0.25, 0.3) is 10.0 Å². The number of carbonyl (C=O) groups is 1. The van der Waals surface area contributed by atoms with E-state index in [1.54, 1.807) is 23.1 Å². The minimum absolute atomic E-state index is 0.0304. The first-order valence-electron chi connectivity index (χ1n) is 9.12. The Bertz CT molecular complexity index is 1050. The molecule has 6 nitrogen and oxygen atoms in total. The smallest absolute Gasteiger partial charge is 0.263 e. The molecule has 0 fully saturated rings. The van der Waals surface area contributed by atoms with Crippen LogP contribution in [-0.4, -0.2) is 27.5 Å². The van der Waals surface area contributed by atoms with Crippen LogP contribution >= 0.6 is 23.2 Å². The summed E-state index contributed by atoms with van der Waals surface area (Å²) < 4.78 is 33.9. The molecule has 1 N–H and O–H groups in total. The predicted molar refractivity (Wildman–Crippen MR) is 116 cm³/mol. The lowest BCUT2D eigenvalue weighted by atomic mass is 9.93. The highest BCUT2D eigenvalue weighted by Gasteiger charge is 2.37. The summed E-state index contributed by atoms with van der Waals surface area (Å²) >= 11 is 12.0. The number of hydrogen-bond acceptors (Lipinski definition) is 4. The summed E-state index contributed by atoms with van der Waals surface area (Å²) in [5.74, 6) is 0.409. The Labute approximate surface area is 180 Å². The fourth-order valence-electron chi connectivity index (χ4n) is 3.05. The molecule has 156 valence electrons. The Morgan fingerprint density at radius 1 is 1.17 bits per heavy atom. The van der Waals surface area contributed by atoms with Crippen molar-refractivity contribution in [2.75, 3.05) is 22.8 Å². The van der Waals surface area contributed by atoms with Gasteiger partial charge in [0.05, 0.1) is 21.8 Å². The van der Waals surface area contributed by atoms with E-state index >= 15 is 0 Å². The molecule has 0 unspecified atom stereocenters. The average Bonchev–Trinajstić information content (AvgIpc) is 2.74. The minimum Gasteiger partial charge on any atom is -0.490 e. The quantitative estimate of drug-likeness (QED) is 0.689. The lowest BCUT2D eigenvalue weighted by Crippen LogP contribution is -2.42. The number of halogens is 2. The van der Waals surface area contributed by atoms with Crippen molar-refractivity contribution in [2.45, 2.75) is 32.1 Å². The minimum atomic E-state index is -3.96. The molecule has 0 spiro atoms. The summed E-state index contributed by atoms with van der Waals surface area (Å²) in [7, 11) is -3.96. The van der Waals surface area contributed by atoms with E-state index in [4.69, 9.17) is 27.9 Å². The molecule has 1 amide bonds. The third-order valence-corrected chi connectivity index (χ3v) is 6.64. The standard InChI is InChI=1S/C20H22Cl2N2O4S/c1-4-9-24-16-8-6-14(11-17(16)28-12-20(2,3)19(24)25)23-29(26,27)18-10-13(21)5-7-15(18)22/h5-8,10-11,23H,4,9,12H2,1-3H3. The Morgan fingerprint density at radius 2 is 1.90 bits per heavy atom. The first-order chi connectivity index (χ1) is 13.5. The van der Waals surface area contributed by atoms with Gasteiger partial charge in [0.15, 0.2) is 0 Å². The van der Waals surface area contributed by atoms with Crippen LogP contribution in [0.5, 0.6) is 5.75 Å². The van der Waals surface area contributed by atoms with E-state index < -0.39 is 15.4 Å². The summed E-state index contributed by atoms with van der Waals surface area (Å²) in [6.45, 7) is 6.38. The van der Waals surface area contributed by atoms with Crippen LogP contribution in [0.4, 0.5) is 11.4 Å². The lowest BCUT2D eigenvalue weighted by molar-refractivity contribution is -0.127. The number of amides is 1. The maximum absolute atomic E-state index is 12.9. The Balaban J connectivity index is 1.98. The number of anilines is 2. The predicted octanol–water partition coefficient (Wildman–Crippen LogP) is 4.96. The number of fused-ring (bicyclic) bond motifs is 1. The van der Waals surface area contributed by atoms with E-state index in [-0.39, 0.29) is 27.5 Å². The molecule has 29 heavy (non-hydrogen) atoms. The normalized spacial score (nSPS) is 16.0. The summed E-state index contributed by atoms with van der Waals surface area (Å²) in [4.78, 5) is 14.5. The van der Waals surface area contributed by atoms with Crippen LogP contribution in [0.1, 0.15) is 27.2 Å². The second-order valence-electron chi connectivity index (χ2n) is 7.49. The van der Waals surface area contributed by atoms with Gasteiger partial charge in [-0.1, -0.05) is 30.1 Å². The molecule has 0 atom stereocenters. The second-order valence-corrected chi connectivity index (χ2v) is 9.99. The number of carbonyl (C=O) groups excluding carboxylic acids is 1. The van der Waals surface area contributed by atoms with Gasteiger partial charge in [-0.3, -0.25) is 9.52 Å². The van der Waals surface area contributed by atoms with Crippen LogP contribution < -0.4 is 14.4 Å².